The normalized spacial score (nSPS) is 11.5. The number of benzene rings is 2. The van der Waals surface area contributed by atoms with Gasteiger partial charge in [-0.05, 0) is 63.3 Å². The van der Waals surface area contributed by atoms with Crippen LogP contribution in [-0.4, -0.2) is 92.5 Å². The standard InChI is InChI=1S/C34H48N2O10/c1-5-6-17-45-32(43)22-35(20-26-18-24(7-11-28(26)37)9-13-30(39)40)15-16-36(23-33(44)46-34(2,3)4)21-27-19-25(8-12-29(27)38)10-14-31(41)42/h7-8,11-12,18-19,37-38H,5-6,9-10,13-17,20-23H2,1-4H3,(H,39,40)(H,41,42). The molecule has 12 nitrogen and oxygen atoms in total. The molecule has 0 saturated heterocycles. The van der Waals surface area contributed by atoms with Crippen molar-refractivity contribution in [3.8, 4) is 11.5 Å². The second-order valence-electron chi connectivity index (χ2n) is 12.3. The number of aliphatic carboxylic acids is 2. The lowest BCUT2D eigenvalue weighted by atomic mass is 10.0. The number of hydrogen-bond donors (Lipinski definition) is 4. The summed E-state index contributed by atoms with van der Waals surface area (Å²) in [5.74, 6) is -2.81. The summed E-state index contributed by atoms with van der Waals surface area (Å²) in [5, 5.41) is 39.4. The second kappa shape index (κ2) is 18.7. The average molecular weight is 645 g/mol. The van der Waals surface area contributed by atoms with Crippen molar-refractivity contribution in [2.75, 3.05) is 32.8 Å². The molecule has 0 atom stereocenters. The molecule has 0 spiro atoms. The number of rotatable bonds is 20. The maximum Gasteiger partial charge on any atom is 0.320 e. The third-order valence-corrected chi connectivity index (χ3v) is 6.95. The van der Waals surface area contributed by atoms with E-state index in [-0.39, 0.29) is 83.1 Å². The number of carboxylic acids is 2. The zero-order valence-electron chi connectivity index (χ0n) is 27.3. The Morgan fingerprint density at radius 2 is 1.20 bits per heavy atom. The maximum absolute atomic E-state index is 12.9. The van der Waals surface area contributed by atoms with Crippen LogP contribution in [0.15, 0.2) is 36.4 Å². The predicted octanol–water partition coefficient (Wildman–Crippen LogP) is 4.12. The highest BCUT2D eigenvalue weighted by Gasteiger charge is 2.22. The summed E-state index contributed by atoms with van der Waals surface area (Å²) in [6, 6.07) is 9.74. The van der Waals surface area contributed by atoms with E-state index >= 15 is 0 Å². The van der Waals surface area contributed by atoms with E-state index < -0.39 is 29.5 Å². The number of carbonyl (C=O) groups is 4. The van der Waals surface area contributed by atoms with Gasteiger partial charge in [-0.1, -0.05) is 37.6 Å². The van der Waals surface area contributed by atoms with Gasteiger partial charge >= 0.3 is 23.9 Å². The van der Waals surface area contributed by atoms with Crippen molar-refractivity contribution in [1.29, 1.82) is 0 Å². The molecule has 46 heavy (non-hydrogen) atoms. The number of carboxylic acid groups (broad SMARTS) is 2. The molecule has 0 aliphatic heterocycles. The van der Waals surface area contributed by atoms with Gasteiger partial charge in [0.05, 0.1) is 19.7 Å². The van der Waals surface area contributed by atoms with Crippen LogP contribution in [0.1, 0.15) is 75.6 Å². The second-order valence-corrected chi connectivity index (χ2v) is 12.3. The number of phenols is 2. The minimum Gasteiger partial charge on any atom is -0.508 e. The number of esters is 2. The summed E-state index contributed by atoms with van der Waals surface area (Å²) in [5.41, 5.74) is 1.74. The van der Waals surface area contributed by atoms with Crippen molar-refractivity contribution in [3.63, 3.8) is 0 Å². The fraction of sp³-hybridized carbons (Fsp3) is 0.529. The van der Waals surface area contributed by atoms with E-state index in [1.54, 1.807) is 54.8 Å². The fourth-order valence-corrected chi connectivity index (χ4v) is 4.65. The smallest absolute Gasteiger partial charge is 0.320 e. The molecule has 2 aromatic carbocycles. The molecule has 0 bridgehead atoms. The summed E-state index contributed by atoms with van der Waals surface area (Å²) in [6.07, 6.45) is 1.99. The van der Waals surface area contributed by atoms with Gasteiger partial charge in [-0.3, -0.25) is 29.0 Å². The number of carbonyl (C=O) groups excluding carboxylic acids is 2. The van der Waals surface area contributed by atoms with Gasteiger partial charge in [-0.15, -0.1) is 0 Å². The summed E-state index contributed by atoms with van der Waals surface area (Å²) in [7, 11) is 0. The van der Waals surface area contributed by atoms with E-state index in [0.29, 0.717) is 11.1 Å². The minimum atomic E-state index is -0.937. The first-order valence-corrected chi connectivity index (χ1v) is 15.5. The van der Waals surface area contributed by atoms with Crippen LogP contribution in [0.5, 0.6) is 11.5 Å². The molecule has 0 aliphatic carbocycles. The van der Waals surface area contributed by atoms with E-state index in [9.17, 15) is 29.4 Å². The van der Waals surface area contributed by atoms with Gasteiger partial charge in [-0.25, -0.2) is 0 Å². The Labute approximate surface area is 270 Å². The van der Waals surface area contributed by atoms with Crippen LogP contribution in [0.2, 0.25) is 0 Å². The van der Waals surface area contributed by atoms with E-state index in [1.165, 1.54) is 12.1 Å². The number of ether oxygens (including phenoxy) is 2. The quantitative estimate of drug-likeness (QED) is 0.120. The Morgan fingerprint density at radius 3 is 1.61 bits per heavy atom. The van der Waals surface area contributed by atoms with E-state index in [2.05, 4.69) is 0 Å². The zero-order valence-corrected chi connectivity index (χ0v) is 27.3. The van der Waals surface area contributed by atoms with Crippen LogP contribution in [-0.2, 0) is 54.6 Å². The van der Waals surface area contributed by atoms with Crippen molar-refractivity contribution in [3.05, 3.63) is 58.7 Å². The lowest BCUT2D eigenvalue weighted by Gasteiger charge is -2.28. The lowest BCUT2D eigenvalue weighted by Crippen LogP contribution is -2.41. The highest BCUT2D eigenvalue weighted by Crippen LogP contribution is 2.23. The summed E-state index contributed by atoms with van der Waals surface area (Å²) < 4.78 is 10.9. The molecule has 254 valence electrons. The minimum absolute atomic E-state index is 0.00265. The largest absolute Gasteiger partial charge is 0.508 e. The average Bonchev–Trinajstić information content (AvgIpc) is 2.95. The van der Waals surface area contributed by atoms with Crippen molar-refractivity contribution in [1.82, 2.24) is 9.80 Å². The van der Waals surface area contributed by atoms with Crippen LogP contribution >= 0.6 is 0 Å². The van der Waals surface area contributed by atoms with Gasteiger partial charge in [0.25, 0.3) is 0 Å². The third kappa shape index (κ3) is 15.2. The van der Waals surface area contributed by atoms with Crippen LogP contribution < -0.4 is 0 Å². The molecule has 4 N–H and O–H groups in total. The summed E-state index contributed by atoms with van der Waals surface area (Å²) in [6.45, 7) is 8.11. The molecule has 0 fully saturated rings. The van der Waals surface area contributed by atoms with Crippen molar-refractivity contribution in [2.24, 2.45) is 0 Å². The van der Waals surface area contributed by atoms with E-state index in [1.807, 2.05) is 6.92 Å². The fourth-order valence-electron chi connectivity index (χ4n) is 4.65. The van der Waals surface area contributed by atoms with Crippen molar-refractivity contribution < 1.29 is 49.1 Å². The van der Waals surface area contributed by atoms with Gasteiger partial charge in [0, 0.05) is 50.1 Å². The number of nitrogens with zero attached hydrogens (tertiary/aromatic N) is 2. The van der Waals surface area contributed by atoms with Gasteiger partial charge in [0.1, 0.15) is 17.1 Å². The molecule has 0 saturated carbocycles. The molecule has 0 aliphatic rings. The maximum atomic E-state index is 12.9. The summed E-state index contributed by atoms with van der Waals surface area (Å²) in [4.78, 5) is 51.3. The third-order valence-electron chi connectivity index (χ3n) is 6.95. The molecule has 2 aromatic rings. The Kier molecular flexibility index (Phi) is 15.5. The Balaban J connectivity index is 2.32. The first-order valence-electron chi connectivity index (χ1n) is 15.5. The first-order chi connectivity index (χ1) is 21.6. The zero-order chi connectivity index (χ0) is 34.3. The monoisotopic (exact) mass is 644 g/mol. The summed E-state index contributed by atoms with van der Waals surface area (Å²) >= 11 is 0. The first kappa shape index (κ1) is 38.0. The van der Waals surface area contributed by atoms with Gasteiger partial charge in [0.2, 0.25) is 0 Å². The number of aryl methyl sites for hydroxylation is 2. The Hall–Kier alpha value is -4.16. The molecule has 0 radical (unpaired) electrons. The van der Waals surface area contributed by atoms with Crippen LogP contribution in [0.4, 0.5) is 0 Å². The molecular formula is C34H48N2O10. The van der Waals surface area contributed by atoms with E-state index in [4.69, 9.17) is 19.7 Å². The Bertz CT molecular complexity index is 1320. The van der Waals surface area contributed by atoms with Gasteiger partial charge in [-0.2, -0.15) is 0 Å². The lowest BCUT2D eigenvalue weighted by molar-refractivity contribution is -0.156. The van der Waals surface area contributed by atoms with Gasteiger partial charge < -0.3 is 29.9 Å². The molecule has 0 amide bonds. The SMILES string of the molecule is CCCCOC(=O)CN(CCN(CC(=O)OC(C)(C)C)Cc1cc(CCC(=O)O)ccc1O)Cc1cc(CCC(=O)O)ccc1O. The molecule has 2 rings (SSSR count). The molecular weight excluding hydrogens is 596 g/mol. The van der Waals surface area contributed by atoms with E-state index in [0.717, 1.165) is 24.0 Å². The van der Waals surface area contributed by atoms with Crippen molar-refractivity contribution >= 4 is 23.9 Å². The highest BCUT2D eigenvalue weighted by atomic mass is 16.6. The van der Waals surface area contributed by atoms with Crippen molar-refractivity contribution in [2.45, 2.75) is 84.9 Å². The number of phenolic OH excluding ortho intramolecular Hbond substituents is 2. The van der Waals surface area contributed by atoms with Crippen LogP contribution in [0, 0.1) is 0 Å². The van der Waals surface area contributed by atoms with Gasteiger partial charge in [0.15, 0.2) is 0 Å². The number of hydrogen-bond acceptors (Lipinski definition) is 10. The number of aromatic hydroxyl groups is 2. The molecule has 0 aromatic heterocycles. The topological polar surface area (TPSA) is 174 Å². The molecule has 12 heteroatoms. The number of unbranched alkanes of at least 4 members (excludes halogenated alkanes) is 1. The molecule has 0 unspecified atom stereocenters. The predicted molar refractivity (Wildman–Crippen MR) is 170 cm³/mol. The molecule has 0 heterocycles. The van der Waals surface area contributed by atoms with Crippen LogP contribution in [0.25, 0.3) is 0 Å². The van der Waals surface area contributed by atoms with Crippen LogP contribution in [0.3, 0.4) is 0 Å². The Morgan fingerprint density at radius 1 is 0.739 bits per heavy atom. The highest BCUT2D eigenvalue weighted by molar-refractivity contribution is 5.72.